The van der Waals surface area contributed by atoms with Crippen molar-refractivity contribution in [2.45, 2.75) is 19.5 Å². The number of aromatic nitrogens is 5. The Balaban J connectivity index is 1.30. The molecule has 0 saturated carbocycles. The fourth-order valence-corrected chi connectivity index (χ4v) is 3.27. The molecule has 1 amide bonds. The van der Waals surface area contributed by atoms with E-state index in [0.29, 0.717) is 18.8 Å². The number of pyridine rings is 1. The van der Waals surface area contributed by atoms with E-state index in [-0.39, 0.29) is 17.9 Å². The highest BCUT2D eigenvalue weighted by atomic mass is 79.9. The Kier molecular flexibility index (Phi) is 5.57. The van der Waals surface area contributed by atoms with E-state index in [0.717, 1.165) is 21.4 Å². The molecule has 3 aromatic heterocycles. The number of nitrogens with one attached hydrogen (secondary N) is 1. The molecular formula is C20H17BrN6O3. The highest BCUT2D eigenvalue weighted by Crippen LogP contribution is 2.17. The first-order valence-corrected chi connectivity index (χ1v) is 9.91. The van der Waals surface area contributed by atoms with E-state index in [1.54, 1.807) is 23.0 Å². The van der Waals surface area contributed by atoms with Crippen LogP contribution in [0, 0.1) is 0 Å². The van der Waals surface area contributed by atoms with E-state index >= 15 is 0 Å². The molecule has 10 heteroatoms. The third-order valence-electron chi connectivity index (χ3n) is 4.47. The van der Waals surface area contributed by atoms with Crippen molar-refractivity contribution in [1.82, 2.24) is 29.7 Å². The van der Waals surface area contributed by atoms with E-state index in [1.165, 1.54) is 12.1 Å². The monoisotopic (exact) mass is 468 g/mol. The Morgan fingerprint density at radius 2 is 1.87 bits per heavy atom. The number of benzene rings is 1. The molecule has 0 bridgehead atoms. The molecule has 0 fully saturated rings. The summed E-state index contributed by atoms with van der Waals surface area (Å²) in [5.74, 6) is -1.09. The molecular weight excluding hydrogens is 452 g/mol. The van der Waals surface area contributed by atoms with Crippen molar-refractivity contribution >= 4 is 33.5 Å². The molecule has 2 N–H and O–H groups in total. The Bertz CT molecular complexity index is 1210. The summed E-state index contributed by atoms with van der Waals surface area (Å²) in [5, 5.41) is 19.9. The van der Waals surface area contributed by atoms with Crippen LogP contribution in [0.1, 0.15) is 22.5 Å². The number of imidazole rings is 1. The van der Waals surface area contributed by atoms with Gasteiger partial charge in [0.05, 0.1) is 30.5 Å². The zero-order valence-corrected chi connectivity index (χ0v) is 17.3. The van der Waals surface area contributed by atoms with Gasteiger partial charge >= 0.3 is 5.97 Å². The van der Waals surface area contributed by atoms with Crippen LogP contribution in [0.4, 0.5) is 0 Å². The van der Waals surface area contributed by atoms with Crippen LogP contribution < -0.4 is 5.32 Å². The zero-order valence-electron chi connectivity index (χ0n) is 15.7. The second-order valence-corrected chi connectivity index (χ2v) is 7.54. The number of carbonyl (C=O) groups is 2. The number of nitrogens with zero attached hydrogens (tertiary/aromatic N) is 5. The lowest BCUT2D eigenvalue weighted by Gasteiger charge is -2.03. The maximum Gasteiger partial charge on any atom is 0.335 e. The maximum absolute atomic E-state index is 12.2. The summed E-state index contributed by atoms with van der Waals surface area (Å²) in [7, 11) is 0. The number of rotatable bonds is 7. The summed E-state index contributed by atoms with van der Waals surface area (Å²) in [6, 6.07) is 10.2. The molecule has 0 spiro atoms. The van der Waals surface area contributed by atoms with E-state index in [2.05, 4.69) is 36.5 Å². The van der Waals surface area contributed by atoms with Crippen molar-refractivity contribution in [3.8, 4) is 11.3 Å². The second kappa shape index (κ2) is 8.46. The first-order valence-electron chi connectivity index (χ1n) is 9.11. The number of hydrogen-bond acceptors (Lipinski definition) is 5. The number of amides is 1. The van der Waals surface area contributed by atoms with Gasteiger partial charge in [-0.15, -0.1) is 5.10 Å². The Hall–Kier alpha value is -3.53. The number of fused-ring (bicyclic) bond motifs is 1. The van der Waals surface area contributed by atoms with E-state index in [1.807, 2.05) is 28.9 Å². The van der Waals surface area contributed by atoms with Gasteiger partial charge in [0.2, 0.25) is 5.91 Å². The number of carbonyl (C=O) groups excluding carboxylic acids is 1. The van der Waals surface area contributed by atoms with Crippen LogP contribution in [0.3, 0.4) is 0 Å². The molecule has 9 nitrogen and oxygen atoms in total. The first kappa shape index (κ1) is 19.8. The standard InChI is InChI=1S/C20H17BrN6O3/c21-15-5-6-18-23-16(11-26(18)10-15)9-22-19(28)7-8-27-12-17(24-25-27)13-1-3-14(4-2-13)20(29)30/h1-6,10-12H,7-9H2,(H,22,28)(H,29,30). The molecule has 0 radical (unpaired) electrons. The van der Waals surface area contributed by atoms with Gasteiger partial charge < -0.3 is 14.8 Å². The lowest BCUT2D eigenvalue weighted by atomic mass is 10.1. The van der Waals surface area contributed by atoms with Gasteiger partial charge in [0, 0.05) is 28.9 Å². The first-order chi connectivity index (χ1) is 14.5. The highest BCUT2D eigenvalue weighted by Gasteiger charge is 2.09. The average Bonchev–Trinajstić information content (AvgIpc) is 3.37. The van der Waals surface area contributed by atoms with Gasteiger partial charge in [-0.1, -0.05) is 17.3 Å². The lowest BCUT2D eigenvalue weighted by molar-refractivity contribution is -0.121. The fraction of sp³-hybridized carbons (Fsp3) is 0.150. The SMILES string of the molecule is O=C(CCn1cc(-c2ccc(C(=O)O)cc2)nn1)NCc1cn2cc(Br)ccc2n1. The van der Waals surface area contributed by atoms with E-state index in [4.69, 9.17) is 5.11 Å². The zero-order chi connectivity index (χ0) is 21.1. The molecule has 0 saturated heterocycles. The molecule has 4 aromatic rings. The van der Waals surface area contributed by atoms with Crippen molar-refractivity contribution in [2.24, 2.45) is 0 Å². The molecule has 0 unspecified atom stereocenters. The minimum Gasteiger partial charge on any atom is -0.478 e. The highest BCUT2D eigenvalue weighted by molar-refractivity contribution is 9.10. The molecule has 0 atom stereocenters. The summed E-state index contributed by atoms with van der Waals surface area (Å²) in [6.45, 7) is 0.723. The molecule has 3 heterocycles. The Morgan fingerprint density at radius 1 is 1.07 bits per heavy atom. The van der Waals surface area contributed by atoms with Crippen molar-refractivity contribution < 1.29 is 14.7 Å². The Labute approximate surface area is 179 Å². The quantitative estimate of drug-likeness (QED) is 0.430. The average molecular weight is 469 g/mol. The van der Waals surface area contributed by atoms with Crippen molar-refractivity contribution in [3.63, 3.8) is 0 Å². The predicted octanol–water partition coefficient (Wildman–Crippen LogP) is 2.76. The van der Waals surface area contributed by atoms with Crippen molar-refractivity contribution in [3.05, 3.63) is 70.7 Å². The largest absolute Gasteiger partial charge is 0.478 e. The van der Waals surface area contributed by atoms with Crippen LogP contribution in [0.2, 0.25) is 0 Å². The lowest BCUT2D eigenvalue weighted by Crippen LogP contribution is -2.24. The molecule has 0 aliphatic heterocycles. The number of aromatic carboxylic acids is 1. The summed E-state index contributed by atoms with van der Waals surface area (Å²) < 4.78 is 4.43. The molecule has 30 heavy (non-hydrogen) atoms. The van der Waals surface area contributed by atoms with Crippen LogP contribution in [0.25, 0.3) is 16.9 Å². The minimum absolute atomic E-state index is 0.115. The van der Waals surface area contributed by atoms with Gasteiger partial charge in [-0.05, 0) is 40.2 Å². The molecule has 152 valence electrons. The number of aryl methyl sites for hydroxylation is 1. The van der Waals surface area contributed by atoms with E-state index < -0.39 is 5.97 Å². The second-order valence-electron chi connectivity index (χ2n) is 6.62. The summed E-state index contributed by atoms with van der Waals surface area (Å²) in [6.07, 6.45) is 5.76. The van der Waals surface area contributed by atoms with Gasteiger partial charge in [0.1, 0.15) is 11.3 Å². The summed E-state index contributed by atoms with van der Waals surface area (Å²) >= 11 is 3.42. The third kappa shape index (κ3) is 4.54. The van der Waals surface area contributed by atoms with Crippen LogP contribution in [0.5, 0.6) is 0 Å². The van der Waals surface area contributed by atoms with E-state index in [9.17, 15) is 9.59 Å². The van der Waals surface area contributed by atoms with Crippen LogP contribution in [-0.2, 0) is 17.9 Å². The summed E-state index contributed by atoms with van der Waals surface area (Å²) in [5.41, 5.74) is 3.17. The minimum atomic E-state index is -0.979. The normalized spacial score (nSPS) is 11.0. The van der Waals surface area contributed by atoms with Crippen LogP contribution in [0.15, 0.2) is 59.5 Å². The van der Waals surface area contributed by atoms with Crippen LogP contribution in [-0.4, -0.2) is 41.4 Å². The third-order valence-corrected chi connectivity index (χ3v) is 4.93. The number of carboxylic acids is 1. The fourth-order valence-electron chi connectivity index (χ4n) is 2.92. The number of carboxylic acid groups (broad SMARTS) is 1. The number of halogens is 1. The molecule has 0 aliphatic carbocycles. The number of hydrogen-bond donors (Lipinski definition) is 2. The molecule has 4 rings (SSSR count). The van der Waals surface area contributed by atoms with Gasteiger partial charge in [-0.25, -0.2) is 9.78 Å². The van der Waals surface area contributed by atoms with Gasteiger partial charge in [0.15, 0.2) is 0 Å². The van der Waals surface area contributed by atoms with Crippen molar-refractivity contribution in [2.75, 3.05) is 0 Å². The topological polar surface area (TPSA) is 114 Å². The predicted molar refractivity (Wildman–Crippen MR) is 112 cm³/mol. The van der Waals surface area contributed by atoms with Crippen molar-refractivity contribution in [1.29, 1.82) is 0 Å². The smallest absolute Gasteiger partial charge is 0.335 e. The Morgan fingerprint density at radius 3 is 2.63 bits per heavy atom. The summed E-state index contributed by atoms with van der Waals surface area (Å²) in [4.78, 5) is 27.6. The van der Waals surface area contributed by atoms with Gasteiger partial charge in [0.25, 0.3) is 0 Å². The maximum atomic E-state index is 12.2. The molecule has 1 aromatic carbocycles. The van der Waals surface area contributed by atoms with Crippen LogP contribution >= 0.6 is 15.9 Å². The van der Waals surface area contributed by atoms with Gasteiger partial charge in [-0.3, -0.25) is 9.48 Å². The molecule has 0 aliphatic rings. The van der Waals surface area contributed by atoms with Gasteiger partial charge in [-0.2, -0.15) is 0 Å².